The van der Waals surface area contributed by atoms with Crippen molar-refractivity contribution in [3.63, 3.8) is 0 Å². The van der Waals surface area contributed by atoms with E-state index in [1.54, 1.807) is 0 Å². The van der Waals surface area contributed by atoms with Crippen molar-refractivity contribution in [2.24, 2.45) is 0 Å². The first kappa shape index (κ1) is 17.0. The maximum Gasteiger partial charge on any atom is 0.0456 e. The standard InChI is InChI=1S/C24H28N2/c1-23(2,3)21-11-19-15-25-14-18(19)10-17(21)13-24(4,5)20-7-6-16-8-9-26-22(16)12-20/h6-12,14-15,25-26H,13H2,1-5H3. The first-order valence-corrected chi connectivity index (χ1v) is 9.42. The highest BCUT2D eigenvalue weighted by atomic mass is 14.7. The van der Waals surface area contributed by atoms with Gasteiger partial charge in [-0.25, -0.2) is 0 Å². The molecule has 2 N–H and O–H groups in total. The summed E-state index contributed by atoms with van der Waals surface area (Å²) in [7, 11) is 0. The van der Waals surface area contributed by atoms with Gasteiger partial charge in [-0.2, -0.15) is 0 Å². The van der Waals surface area contributed by atoms with E-state index in [1.165, 1.54) is 38.4 Å². The summed E-state index contributed by atoms with van der Waals surface area (Å²) in [5.41, 5.74) is 5.66. The summed E-state index contributed by atoms with van der Waals surface area (Å²) in [5, 5.41) is 3.86. The largest absolute Gasteiger partial charge is 0.366 e. The quantitative estimate of drug-likeness (QED) is 0.427. The highest BCUT2D eigenvalue weighted by Crippen LogP contribution is 2.36. The fourth-order valence-electron chi connectivity index (χ4n) is 4.04. The summed E-state index contributed by atoms with van der Waals surface area (Å²) in [4.78, 5) is 6.60. The van der Waals surface area contributed by atoms with Crippen LogP contribution in [0.15, 0.2) is 55.0 Å². The molecule has 0 unspecified atom stereocenters. The lowest BCUT2D eigenvalue weighted by Gasteiger charge is -2.30. The highest BCUT2D eigenvalue weighted by Gasteiger charge is 2.26. The smallest absolute Gasteiger partial charge is 0.0456 e. The van der Waals surface area contributed by atoms with E-state index in [4.69, 9.17) is 0 Å². The SMILES string of the molecule is CC(C)(C)c1cc2c[nH]cc2cc1CC(C)(C)c1ccc2cc[nH]c2c1. The lowest BCUT2D eigenvalue weighted by Crippen LogP contribution is -2.23. The number of hydrogen-bond acceptors (Lipinski definition) is 0. The molecule has 0 saturated carbocycles. The van der Waals surface area contributed by atoms with E-state index in [9.17, 15) is 0 Å². The Labute approximate surface area is 155 Å². The van der Waals surface area contributed by atoms with Crippen molar-refractivity contribution in [1.29, 1.82) is 0 Å². The van der Waals surface area contributed by atoms with Crippen molar-refractivity contribution in [2.45, 2.75) is 51.9 Å². The van der Waals surface area contributed by atoms with Crippen molar-refractivity contribution in [1.82, 2.24) is 9.97 Å². The third kappa shape index (κ3) is 2.94. The van der Waals surface area contributed by atoms with Gasteiger partial charge in [0.2, 0.25) is 0 Å². The van der Waals surface area contributed by atoms with E-state index >= 15 is 0 Å². The molecular formula is C24H28N2. The molecule has 0 atom stereocenters. The summed E-state index contributed by atoms with van der Waals surface area (Å²) in [6, 6.07) is 13.7. The molecule has 4 aromatic rings. The molecule has 0 bridgehead atoms. The third-order valence-corrected chi connectivity index (χ3v) is 5.56. The van der Waals surface area contributed by atoms with Gasteiger partial charge in [0.1, 0.15) is 0 Å². The number of aromatic nitrogens is 2. The Balaban J connectivity index is 1.79. The Hall–Kier alpha value is -2.48. The predicted molar refractivity (Wildman–Crippen MR) is 112 cm³/mol. The predicted octanol–water partition coefficient (Wildman–Crippen LogP) is 6.47. The Kier molecular flexibility index (Phi) is 3.76. The monoisotopic (exact) mass is 344 g/mol. The van der Waals surface area contributed by atoms with E-state index in [-0.39, 0.29) is 10.8 Å². The average Bonchev–Trinajstić information content (AvgIpc) is 3.20. The Morgan fingerprint density at radius 1 is 0.808 bits per heavy atom. The first-order valence-electron chi connectivity index (χ1n) is 9.42. The van der Waals surface area contributed by atoms with Crippen LogP contribution < -0.4 is 0 Å². The second kappa shape index (κ2) is 5.77. The molecule has 0 aliphatic heterocycles. The molecule has 2 aromatic carbocycles. The molecule has 2 heterocycles. The zero-order valence-corrected chi connectivity index (χ0v) is 16.4. The van der Waals surface area contributed by atoms with Crippen molar-refractivity contribution < 1.29 is 0 Å². The van der Waals surface area contributed by atoms with Gasteiger partial charge in [-0.05, 0) is 74.4 Å². The molecule has 0 amide bonds. The number of hydrogen-bond donors (Lipinski definition) is 2. The summed E-state index contributed by atoms with van der Waals surface area (Å²) in [5.74, 6) is 0. The summed E-state index contributed by atoms with van der Waals surface area (Å²) < 4.78 is 0. The Morgan fingerprint density at radius 3 is 2.27 bits per heavy atom. The Bertz CT molecular complexity index is 1070. The van der Waals surface area contributed by atoms with Crippen LogP contribution in [0.3, 0.4) is 0 Å². The van der Waals surface area contributed by atoms with Crippen LogP contribution in [0.2, 0.25) is 0 Å². The van der Waals surface area contributed by atoms with Crippen LogP contribution in [0.5, 0.6) is 0 Å². The van der Waals surface area contributed by atoms with Gasteiger partial charge in [0.05, 0.1) is 0 Å². The fourth-order valence-corrected chi connectivity index (χ4v) is 4.04. The number of benzene rings is 2. The maximum absolute atomic E-state index is 3.35. The second-order valence-electron chi connectivity index (χ2n) is 9.18. The second-order valence-corrected chi connectivity index (χ2v) is 9.18. The van der Waals surface area contributed by atoms with Crippen LogP contribution in [0.4, 0.5) is 0 Å². The normalized spacial score (nSPS) is 13.0. The van der Waals surface area contributed by atoms with E-state index in [2.05, 4.69) is 93.4 Å². The molecule has 4 rings (SSSR count). The minimum atomic E-state index is 0.0588. The van der Waals surface area contributed by atoms with E-state index in [0.29, 0.717) is 0 Å². The summed E-state index contributed by atoms with van der Waals surface area (Å²) in [6.45, 7) is 11.6. The van der Waals surface area contributed by atoms with Crippen molar-refractivity contribution in [3.8, 4) is 0 Å². The number of aromatic amines is 2. The fraction of sp³-hybridized carbons (Fsp3) is 0.333. The maximum atomic E-state index is 3.35. The zero-order chi connectivity index (χ0) is 18.5. The van der Waals surface area contributed by atoms with Crippen LogP contribution in [0.1, 0.15) is 51.3 Å². The minimum Gasteiger partial charge on any atom is -0.366 e. The van der Waals surface area contributed by atoms with Gasteiger partial charge in [0, 0.05) is 24.1 Å². The minimum absolute atomic E-state index is 0.0588. The van der Waals surface area contributed by atoms with Crippen LogP contribution >= 0.6 is 0 Å². The zero-order valence-electron chi connectivity index (χ0n) is 16.4. The van der Waals surface area contributed by atoms with Gasteiger partial charge in [-0.3, -0.25) is 0 Å². The molecular weight excluding hydrogens is 316 g/mol. The van der Waals surface area contributed by atoms with Gasteiger partial charge in [-0.1, -0.05) is 46.8 Å². The Morgan fingerprint density at radius 2 is 1.54 bits per heavy atom. The third-order valence-electron chi connectivity index (χ3n) is 5.56. The van der Waals surface area contributed by atoms with Crippen molar-refractivity contribution >= 4 is 21.7 Å². The van der Waals surface area contributed by atoms with Crippen molar-refractivity contribution in [2.75, 3.05) is 0 Å². The van der Waals surface area contributed by atoms with Crippen LogP contribution in [-0.2, 0) is 17.3 Å². The summed E-state index contributed by atoms with van der Waals surface area (Å²) >= 11 is 0. The molecule has 0 saturated heterocycles. The van der Waals surface area contributed by atoms with Crippen LogP contribution in [-0.4, -0.2) is 9.97 Å². The van der Waals surface area contributed by atoms with E-state index in [1.807, 2.05) is 6.20 Å². The van der Waals surface area contributed by atoms with Crippen molar-refractivity contribution in [3.05, 3.63) is 71.7 Å². The van der Waals surface area contributed by atoms with E-state index < -0.39 is 0 Å². The molecule has 0 spiro atoms. The molecule has 2 heteroatoms. The molecule has 2 nitrogen and oxygen atoms in total. The molecule has 134 valence electrons. The number of rotatable bonds is 3. The van der Waals surface area contributed by atoms with Gasteiger partial charge in [0.15, 0.2) is 0 Å². The molecule has 26 heavy (non-hydrogen) atoms. The topological polar surface area (TPSA) is 31.6 Å². The number of nitrogens with one attached hydrogen (secondary N) is 2. The lowest BCUT2D eigenvalue weighted by molar-refractivity contribution is 0.508. The van der Waals surface area contributed by atoms with Gasteiger partial charge >= 0.3 is 0 Å². The first-order chi connectivity index (χ1) is 12.2. The number of H-pyrrole nitrogens is 2. The molecule has 2 aromatic heterocycles. The van der Waals surface area contributed by atoms with Gasteiger partial charge < -0.3 is 9.97 Å². The number of fused-ring (bicyclic) bond motifs is 2. The molecule has 0 radical (unpaired) electrons. The van der Waals surface area contributed by atoms with Gasteiger partial charge in [-0.15, -0.1) is 0 Å². The average molecular weight is 345 g/mol. The lowest BCUT2D eigenvalue weighted by atomic mass is 9.74. The molecule has 0 aliphatic rings. The molecule has 0 fully saturated rings. The van der Waals surface area contributed by atoms with Crippen LogP contribution in [0, 0.1) is 0 Å². The molecule has 0 aliphatic carbocycles. The van der Waals surface area contributed by atoms with E-state index in [0.717, 1.165) is 6.42 Å². The van der Waals surface area contributed by atoms with Gasteiger partial charge in [0.25, 0.3) is 0 Å². The summed E-state index contributed by atoms with van der Waals surface area (Å²) in [6.07, 6.45) is 7.23. The highest BCUT2D eigenvalue weighted by molar-refractivity contribution is 5.84. The van der Waals surface area contributed by atoms with Crippen LogP contribution in [0.25, 0.3) is 21.7 Å².